The first kappa shape index (κ1) is 22.3. The first-order valence-corrected chi connectivity index (χ1v) is 10.7. The predicted octanol–water partition coefficient (Wildman–Crippen LogP) is 3.99. The van der Waals surface area contributed by atoms with Crippen LogP contribution in [0.2, 0.25) is 0 Å². The summed E-state index contributed by atoms with van der Waals surface area (Å²) in [4.78, 5) is 14.8. The minimum Gasteiger partial charge on any atom is -0.493 e. The summed E-state index contributed by atoms with van der Waals surface area (Å²) in [7, 11) is 1.61. The number of anilines is 1. The molecule has 0 spiro atoms. The fraction of sp³-hybridized carbons (Fsp3) is 0.417. The van der Waals surface area contributed by atoms with Crippen LogP contribution in [0, 0.1) is 11.3 Å². The van der Waals surface area contributed by atoms with Crippen molar-refractivity contribution in [1.82, 2.24) is 10.6 Å². The quantitative estimate of drug-likeness (QED) is 0.704. The molecule has 2 aromatic carbocycles. The van der Waals surface area contributed by atoms with E-state index in [-0.39, 0.29) is 18.1 Å². The molecule has 2 amide bonds. The molecule has 0 aromatic heterocycles. The Morgan fingerprint density at radius 3 is 2.52 bits per heavy atom. The summed E-state index contributed by atoms with van der Waals surface area (Å²) in [6, 6.07) is 15.3. The van der Waals surface area contributed by atoms with E-state index in [2.05, 4.69) is 21.6 Å². The van der Waals surface area contributed by atoms with Gasteiger partial charge in [-0.15, -0.1) is 0 Å². The normalized spacial score (nSPS) is 15.0. The van der Waals surface area contributed by atoms with Gasteiger partial charge in [-0.05, 0) is 68.7 Å². The van der Waals surface area contributed by atoms with E-state index in [1.54, 1.807) is 7.11 Å². The Kier molecular flexibility index (Phi) is 7.60. The summed E-state index contributed by atoms with van der Waals surface area (Å²) < 4.78 is 11.0. The van der Waals surface area contributed by atoms with E-state index < -0.39 is 0 Å². The summed E-state index contributed by atoms with van der Waals surface area (Å²) in [6.45, 7) is 6.17. The van der Waals surface area contributed by atoms with Gasteiger partial charge in [-0.2, -0.15) is 5.26 Å². The SMILES string of the molecule is CCOc1ccc(C(C)NC(=O)NC2CCN(c3ccc(C#N)cc3)CC2)cc1OC. The van der Waals surface area contributed by atoms with Crippen LogP contribution in [0.4, 0.5) is 10.5 Å². The number of ether oxygens (including phenoxy) is 2. The number of carbonyl (C=O) groups excluding carboxylic acids is 1. The van der Waals surface area contributed by atoms with Crippen molar-refractivity contribution in [1.29, 1.82) is 5.26 Å². The zero-order chi connectivity index (χ0) is 22.2. The highest BCUT2D eigenvalue weighted by Gasteiger charge is 2.22. The second-order valence-electron chi connectivity index (χ2n) is 7.60. The van der Waals surface area contributed by atoms with Gasteiger partial charge >= 0.3 is 6.03 Å². The summed E-state index contributed by atoms with van der Waals surface area (Å²) in [5.41, 5.74) is 2.72. The minimum atomic E-state index is -0.169. The van der Waals surface area contributed by atoms with Crippen LogP contribution in [0.5, 0.6) is 11.5 Å². The number of nitrogens with one attached hydrogen (secondary N) is 2. The summed E-state index contributed by atoms with van der Waals surface area (Å²) in [5.74, 6) is 1.35. The highest BCUT2D eigenvalue weighted by atomic mass is 16.5. The molecule has 1 saturated heterocycles. The Bertz CT molecular complexity index is 915. The minimum absolute atomic E-state index is 0.136. The smallest absolute Gasteiger partial charge is 0.315 e. The van der Waals surface area contributed by atoms with Crippen LogP contribution >= 0.6 is 0 Å². The Morgan fingerprint density at radius 1 is 1.19 bits per heavy atom. The maximum absolute atomic E-state index is 12.5. The number of hydrogen-bond donors (Lipinski definition) is 2. The Balaban J connectivity index is 1.49. The third-order valence-corrected chi connectivity index (χ3v) is 5.53. The van der Waals surface area contributed by atoms with E-state index in [0.717, 1.165) is 37.2 Å². The lowest BCUT2D eigenvalue weighted by Crippen LogP contribution is -2.48. The van der Waals surface area contributed by atoms with Gasteiger partial charge in [-0.25, -0.2) is 4.79 Å². The van der Waals surface area contributed by atoms with Gasteiger partial charge < -0.3 is 25.0 Å². The van der Waals surface area contributed by atoms with E-state index in [1.807, 2.05) is 56.3 Å². The maximum atomic E-state index is 12.5. The molecule has 2 aromatic rings. The monoisotopic (exact) mass is 422 g/mol. The number of hydrogen-bond acceptors (Lipinski definition) is 5. The largest absolute Gasteiger partial charge is 0.493 e. The maximum Gasteiger partial charge on any atom is 0.315 e. The highest BCUT2D eigenvalue weighted by molar-refractivity contribution is 5.74. The van der Waals surface area contributed by atoms with Crippen molar-refractivity contribution in [2.45, 2.75) is 38.8 Å². The van der Waals surface area contributed by atoms with E-state index in [0.29, 0.717) is 23.7 Å². The van der Waals surface area contributed by atoms with Crippen molar-refractivity contribution in [3.8, 4) is 17.6 Å². The molecule has 0 saturated carbocycles. The molecule has 1 atom stereocenters. The molecule has 2 N–H and O–H groups in total. The second-order valence-corrected chi connectivity index (χ2v) is 7.60. The number of amides is 2. The van der Waals surface area contributed by atoms with Crippen LogP contribution in [0.3, 0.4) is 0 Å². The molecule has 164 valence electrons. The van der Waals surface area contributed by atoms with Crippen molar-refractivity contribution in [3.63, 3.8) is 0 Å². The fourth-order valence-electron chi connectivity index (χ4n) is 3.76. The highest BCUT2D eigenvalue weighted by Crippen LogP contribution is 2.30. The van der Waals surface area contributed by atoms with Crippen LogP contribution in [-0.4, -0.2) is 38.9 Å². The molecule has 0 aliphatic carbocycles. The number of nitrogens with zero attached hydrogens (tertiary/aromatic N) is 2. The van der Waals surface area contributed by atoms with Gasteiger partial charge in [-0.3, -0.25) is 0 Å². The molecule has 7 heteroatoms. The molecular weight excluding hydrogens is 392 g/mol. The lowest BCUT2D eigenvalue weighted by atomic mass is 10.0. The van der Waals surface area contributed by atoms with Gasteiger partial charge in [0.2, 0.25) is 0 Å². The molecule has 1 aliphatic heterocycles. The third-order valence-electron chi connectivity index (χ3n) is 5.53. The molecule has 1 unspecified atom stereocenters. The van der Waals surface area contributed by atoms with Crippen molar-refractivity contribution in [3.05, 3.63) is 53.6 Å². The van der Waals surface area contributed by atoms with Crippen molar-refractivity contribution < 1.29 is 14.3 Å². The van der Waals surface area contributed by atoms with Gasteiger partial charge in [0.1, 0.15) is 0 Å². The number of carbonyl (C=O) groups is 1. The van der Waals surface area contributed by atoms with Crippen molar-refractivity contribution >= 4 is 11.7 Å². The second kappa shape index (κ2) is 10.6. The number of piperidine rings is 1. The number of rotatable bonds is 7. The molecule has 1 aliphatic rings. The van der Waals surface area contributed by atoms with Crippen LogP contribution in [0.1, 0.15) is 43.9 Å². The van der Waals surface area contributed by atoms with Gasteiger partial charge in [0.05, 0.1) is 31.4 Å². The lowest BCUT2D eigenvalue weighted by molar-refractivity contribution is 0.231. The van der Waals surface area contributed by atoms with E-state index >= 15 is 0 Å². The first-order valence-electron chi connectivity index (χ1n) is 10.7. The predicted molar refractivity (Wildman–Crippen MR) is 121 cm³/mol. The number of nitriles is 1. The van der Waals surface area contributed by atoms with E-state index in [1.165, 1.54) is 0 Å². The Labute approximate surface area is 184 Å². The van der Waals surface area contributed by atoms with E-state index in [4.69, 9.17) is 14.7 Å². The molecule has 31 heavy (non-hydrogen) atoms. The third kappa shape index (κ3) is 5.82. The average Bonchev–Trinajstić information content (AvgIpc) is 2.80. The summed E-state index contributed by atoms with van der Waals surface area (Å²) in [6.07, 6.45) is 1.75. The zero-order valence-corrected chi connectivity index (χ0v) is 18.4. The molecular formula is C24H30N4O3. The van der Waals surface area contributed by atoms with Crippen LogP contribution < -0.4 is 25.0 Å². The van der Waals surface area contributed by atoms with E-state index in [9.17, 15) is 4.79 Å². The van der Waals surface area contributed by atoms with Gasteiger partial charge in [0.25, 0.3) is 0 Å². The number of urea groups is 1. The van der Waals surface area contributed by atoms with Crippen LogP contribution in [-0.2, 0) is 0 Å². The topological polar surface area (TPSA) is 86.6 Å². The molecule has 0 radical (unpaired) electrons. The average molecular weight is 423 g/mol. The van der Waals surface area contributed by atoms with Crippen LogP contribution in [0.15, 0.2) is 42.5 Å². The molecule has 0 bridgehead atoms. The summed E-state index contributed by atoms with van der Waals surface area (Å²) >= 11 is 0. The molecule has 3 rings (SSSR count). The first-order chi connectivity index (χ1) is 15.0. The van der Waals surface area contributed by atoms with Gasteiger partial charge in [0, 0.05) is 24.8 Å². The standard InChI is InChI=1S/C24H30N4O3/c1-4-31-22-10-7-19(15-23(22)30-3)17(2)26-24(29)27-20-11-13-28(14-12-20)21-8-5-18(16-25)6-9-21/h5-10,15,17,20H,4,11-14H2,1-3H3,(H2,26,27,29). The van der Waals surface area contributed by atoms with Crippen molar-refractivity contribution in [2.75, 3.05) is 31.7 Å². The van der Waals surface area contributed by atoms with Crippen molar-refractivity contribution in [2.24, 2.45) is 0 Å². The van der Waals surface area contributed by atoms with Crippen LogP contribution in [0.25, 0.3) is 0 Å². The fourth-order valence-corrected chi connectivity index (χ4v) is 3.76. The Morgan fingerprint density at radius 2 is 1.90 bits per heavy atom. The van der Waals surface area contributed by atoms with Gasteiger partial charge in [0.15, 0.2) is 11.5 Å². The number of benzene rings is 2. The zero-order valence-electron chi connectivity index (χ0n) is 18.4. The Hall–Kier alpha value is -3.40. The molecule has 1 fully saturated rings. The molecule has 7 nitrogen and oxygen atoms in total. The lowest BCUT2D eigenvalue weighted by Gasteiger charge is -2.34. The summed E-state index contributed by atoms with van der Waals surface area (Å²) in [5, 5.41) is 15.0. The molecule has 1 heterocycles. The number of methoxy groups -OCH3 is 1. The van der Waals surface area contributed by atoms with Gasteiger partial charge in [-0.1, -0.05) is 6.07 Å².